The molecule has 2 bridgehead atoms. The molecule has 4 rings (SSSR count). The minimum atomic E-state index is -0.0903. The number of hydrogen-bond donors (Lipinski definition) is 0. The Hall–Kier alpha value is -1.36. The fourth-order valence-electron chi connectivity index (χ4n) is 3.65. The number of halogens is 1. The number of benzene rings is 1. The topological polar surface area (TPSA) is 23.8 Å². The summed E-state index contributed by atoms with van der Waals surface area (Å²) in [7, 11) is 0. The number of nitrogens with zero attached hydrogens (tertiary/aromatic N) is 1. The summed E-state index contributed by atoms with van der Waals surface area (Å²) in [6.07, 6.45) is 5.75. The van der Waals surface area contributed by atoms with Crippen molar-refractivity contribution in [2.24, 2.45) is 5.41 Å². The number of nitriles is 1. The van der Waals surface area contributed by atoms with Crippen LogP contribution >= 0.6 is 0 Å². The summed E-state index contributed by atoms with van der Waals surface area (Å²) < 4.78 is 13.9. The minimum absolute atomic E-state index is 0.0178. The Bertz CT molecular complexity index is 461. The van der Waals surface area contributed by atoms with Crippen LogP contribution in [0.5, 0.6) is 0 Å². The maximum absolute atomic E-state index is 13.9. The van der Waals surface area contributed by atoms with E-state index in [9.17, 15) is 9.65 Å². The van der Waals surface area contributed by atoms with Gasteiger partial charge in [0.2, 0.25) is 0 Å². The fraction of sp³-hybridized carbons (Fsp3) is 0.533. The predicted molar refractivity (Wildman–Crippen MR) is 63.8 cm³/mol. The van der Waals surface area contributed by atoms with Crippen LogP contribution in [0, 0.1) is 22.6 Å². The van der Waals surface area contributed by atoms with Crippen molar-refractivity contribution in [3.63, 3.8) is 0 Å². The zero-order chi connectivity index (χ0) is 11.9. The van der Waals surface area contributed by atoms with Gasteiger partial charge in [-0.25, -0.2) is 4.39 Å². The van der Waals surface area contributed by atoms with Gasteiger partial charge >= 0.3 is 0 Å². The zero-order valence-electron chi connectivity index (χ0n) is 9.88. The molecule has 2 heteroatoms. The molecule has 3 aliphatic carbocycles. The third kappa shape index (κ3) is 1.49. The van der Waals surface area contributed by atoms with Gasteiger partial charge in [0.15, 0.2) is 0 Å². The molecule has 0 unspecified atom stereocenters. The Morgan fingerprint density at radius 2 is 1.59 bits per heavy atom. The number of hydrogen-bond acceptors (Lipinski definition) is 1. The highest BCUT2D eigenvalue weighted by Gasteiger charge is 2.50. The molecule has 3 saturated carbocycles. The lowest BCUT2D eigenvalue weighted by molar-refractivity contribution is 0.0824. The van der Waals surface area contributed by atoms with Gasteiger partial charge in [-0.3, -0.25) is 0 Å². The van der Waals surface area contributed by atoms with E-state index in [0.717, 1.165) is 44.1 Å². The molecule has 0 aromatic heterocycles. The summed E-state index contributed by atoms with van der Waals surface area (Å²) in [5.74, 6) is -0.0705. The van der Waals surface area contributed by atoms with Crippen LogP contribution in [0.15, 0.2) is 24.3 Å². The van der Waals surface area contributed by atoms with Crippen molar-refractivity contribution in [1.29, 1.82) is 5.26 Å². The number of rotatable bonds is 1. The summed E-state index contributed by atoms with van der Waals surface area (Å²) in [4.78, 5) is 0. The van der Waals surface area contributed by atoms with Crippen molar-refractivity contribution in [2.75, 3.05) is 0 Å². The molecule has 0 atom stereocenters. The van der Waals surface area contributed by atoms with Gasteiger partial charge in [-0.2, -0.15) is 5.26 Å². The average molecular weight is 229 g/mol. The first-order valence-corrected chi connectivity index (χ1v) is 6.36. The highest BCUT2D eigenvalue weighted by molar-refractivity contribution is 5.31. The van der Waals surface area contributed by atoms with Gasteiger partial charge in [0.1, 0.15) is 5.82 Å². The molecule has 3 fully saturated rings. The Kier molecular flexibility index (Phi) is 2.26. The molecule has 1 aromatic carbocycles. The van der Waals surface area contributed by atoms with Crippen molar-refractivity contribution in [3.05, 3.63) is 35.6 Å². The summed E-state index contributed by atoms with van der Waals surface area (Å²) in [6, 6.07) is 9.66. The molecular formula is C15H16FN. The van der Waals surface area contributed by atoms with E-state index in [1.165, 1.54) is 0 Å². The molecule has 88 valence electrons. The van der Waals surface area contributed by atoms with E-state index in [1.807, 2.05) is 12.1 Å². The second-order valence-corrected chi connectivity index (χ2v) is 5.65. The molecule has 3 aliphatic rings. The molecule has 0 spiro atoms. The lowest BCUT2D eigenvalue weighted by atomic mass is 9.52. The summed E-state index contributed by atoms with van der Waals surface area (Å²) >= 11 is 0. The Morgan fingerprint density at radius 3 is 2.12 bits per heavy atom. The Labute approximate surface area is 101 Å². The van der Waals surface area contributed by atoms with Gasteiger partial charge in [0.25, 0.3) is 0 Å². The van der Waals surface area contributed by atoms with Crippen LogP contribution in [0.4, 0.5) is 4.39 Å². The van der Waals surface area contributed by atoms with Crippen molar-refractivity contribution >= 4 is 0 Å². The van der Waals surface area contributed by atoms with Gasteiger partial charge in [-0.1, -0.05) is 18.2 Å². The summed E-state index contributed by atoms with van der Waals surface area (Å²) in [6.45, 7) is 0. The normalized spacial score (nSPS) is 35.5. The van der Waals surface area contributed by atoms with Crippen LogP contribution in [0.2, 0.25) is 0 Å². The van der Waals surface area contributed by atoms with Crippen LogP contribution in [-0.2, 0) is 5.41 Å². The maximum atomic E-state index is 13.9. The van der Waals surface area contributed by atoms with Gasteiger partial charge in [0, 0.05) is 0 Å². The average Bonchev–Trinajstić information content (AvgIpc) is 2.41. The van der Waals surface area contributed by atoms with Gasteiger partial charge in [0.05, 0.1) is 11.5 Å². The van der Waals surface area contributed by atoms with E-state index in [-0.39, 0.29) is 16.6 Å². The van der Waals surface area contributed by atoms with Crippen LogP contribution in [-0.4, -0.2) is 0 Å². The first-order valence-electron chi connectivity index (χ1n) is 6.36. The van der Waals surface area contributed by atoms with E-state index in [4.69, 9.17) is 0 Å². The molecule has 0 saturated heterocycles. The molecule has 0 radical (unpaired) electrons. The second-order valence-electron chi connectivity index (χ2n) is 5.65. The molecule has 0 aliphatic heterocycles. The zero-order valence-corrected chi connectivity index (χ0v) is 9.88. The van der Waals surface area contributed by atoms with Crippen molar-refractivity contribution in [2.45, 2.75) is 43.9 Å². The Balaban J connectivity index is 1.97. The van der Waals surface area contributed by atoms with E-state index in [1.54, 1.807) is 12.1 Å². The van der Waals surface area contributed by atoms with E-state index in [2.05, 4.69) is 6.07 Å². The quantitative estimate of drug-likeness (QED) is 0.715. The molecule has 1 nitrogen and oxygen atoms in total. The highest BCUT2D eigenvalue weighted by Crippen LogP contribution is 2.57. The lowest BCUT2D eigenvalue weighted by Crippen LogP contribution is -2.43. The van der Waals surface area contributed by atoms with Gasteiger partial charge in [-0.15, -0.1) is 0 Å². The SMILES string of the molecule is N#CC12CCC(c3ccccc3F)(CC1)CC2. The third-order valence-corrected chi connectivity index (χ3v) is 4.93. The standard InChI is InChI=1S/C15H16FN/c16-13-4-2-1-3-12(13)15-8-5-14(11-17,6-9-15)7-10-15/h1-4H,5-10H2. The largest absolute Gasteiger partial charge is 0.207 e. The van der Waals surface area contributed by atoms with Crippen LogP contribution in [0.25, 0.3) is 0 Å². The maximum Gasteiger partial charge on any atom is 0.126 e. The highest BCUT2D eigenvalue weighted by atomic mass is 19.1. The number of fused-ring (bicyclic) bond motifs is 3. The summed E-state index contributed by atoms with van der Waals surface area (Å²) in [5.41, 5.74) is 0.808. The predicted octanol–water partition coefficient (Wildman–Crippen LogP) is 3.94. The van der Waals surface area contributed by atoms with Crippen LogP contribution in [0.3, 0.4) is 0 Å². The van der Waals surface area contributed by atoms with E-state index < -0.39 is 0 Å². The molecular weight excluding hydrogens is 213 g/mol. The minimum Gasteiger partial charge on any atom is -0.207 e. The van der Waals surface area contributed by atoms with Crippen molar-refractivity contribution < 1.29 is 4.39 Å². The van der Waals surface area contributed by atoms with Crippen molar-refractivity contribution in [1.82, 2.24) is 0 Å². The summed E-state index contributed by atoms with van der Waals surface area (Å²) in [5, 5.41) is 9.25. The van der Waals surface area contributed by atoms with Gasteiger partial charge in [-0.05, 0) is 55.6 Å². The van der Waals surface area contributed by atoms with Crippen LogP contribution < -0.4 is 0 Å². The first-order chi connectivity index (χ1) is 8.20. The van der Waals surface area contributed by atoms with E-state index in [0.29, 0.717) is 0 Å². The second kappa shape index (κ2) is 3.57. The Morgan fingerprint density at radius 1 is 1.00 bits per heavy atom. The van der Waals surface area contributed by atoms with E-state index >= 15 is 0 Å². The smallest absolute Gasteiger partial charge is 0.126 e. The monoisotopic (exact) mass is 229 g/mol. The molecule has 1 aromatic rings. The first kappa shape index (κ1) is 10.8. The molecule has 0 amide bonds. The van der Waals surface area contributed by atoms with Crippen molar-refractivity contribution in [3.8, 4) is 6.07 Å². The molecule has 0 heterocycles. The fourth-order valence-corrected chi connectivity index (χ4v) is 3.65. The molecule has 0 N–H and O–H groups in total. The lowest BCUT2D eigenvalue weighted by Gasteiger charge is -2.50. The molecule has 17 heavy (non-hydrogen) atoms. The van der Waals surface area contributed by atoms with Crippen LogP contribution in [0.1, 0.15) is 44.1 Å². The third-order valence-electron chi connectivity index (χ3n) is 4.93. The van der Waals surface area contributed by atoms with Gasteiger partial charge < -0.3 is 0 Å².